The normalized spacial score (nSPS) is 9.88. The summed E-state index contributed by atoms with van der Waals surface area (Å²) >= 11 is 1.67. The van der Waals surface area contributed by atoms with E-state index in [1.807, 2.05) is 38.2 Å². The Kier molecular flexibility index (Phi) is 5.78. The first-order valence-electron chi connectivity index (χ1n) is 5.32. The minimum absolute atomic E-state index is 0.123. The summed E-state index contributed by atoms with van der Waals surface area (Å²) in [6, 6.07) is 8.13. The number of anilines is 1. The summed E-state index contributed by atoms with van der Waals surface area (Å²) in [5, 5.41) is 3.06. The third-order valence-electron chi connectivity index (χ3n) is 2.02. The van der Waals surface area contributed by atoms with E-state index in [1.165, 1.54) is 4.90 Å². The Morgan fingerprint density at radius 2 is 2.06 bits per heavy atom. The van der Waals surface area contributed by atoms with Gasteiger partial charge in [-0.3, -0.25) is 4.79 Å². The topological polar surface area (TPSA) is 38.3 Å². The average molecular weight is 239 g/mol. The van der Waals surface area contributed by atoms with Crippen LogP contribution in [0.15, 0.2) is 29.2 Å². The maximum Gasteiger partial charge on any atom is 0.306 e. The molecular weight excluding hydrogens is 222 g/mol. The van der Waals surface area contributed by atoms with Crippen LogP contribution in [0.3, 0.4) is 0 Å². The van der Waals surface area contributed by atoms with Crippen molar-refractivity contribution in [1.29, 1.82) is 0 Å². The van der Waals surface area contributed by atoms with Crippen molar-refractivity contribution in [3.63, 3.8) is 0 Å². The van der Waals surface area contributed by atoms with Gasteiger partial charge in [0.2, 0.25) is 0 Å². The summed E-state index contributed by atoms with van der Waals surface area (Å²) in [6.07, 6.45) is 0.465. The zero-order valence-electron chi connectivity index (χ0n) is 9.66. The molecule has 0 amide bonds. The van der Waals surface area contributed by atoms with Crippen LogP contribution >= 0.6 is 11.8 Å². The highest BCUT2D eigenvalue weighted by molar-refractivity contribution is 7.99. The fraction of sp³-hybridized carbons (Fsp3) is 0.417. The van der Waals surface area contributed by atoms with Gasteiger partial charge in [0.15, 0.2) is 0 Å². The fourth-order valence-electron chi connectivity index (χ4n) is 1.20. The zero-order valence-corrected chi connectivity index (χ0v) is 10.5. The molecule has 0 spiro atoms. The number of hydrogen-bond acceptors (Lipinski definition) is 4. The molecule has 1 aromatic carbocycles. The van der Waals surface area contributed by atoms with Crippen LogP contribution in [0.5, 0.6) is 0 Å². The number of rotatable bonds is 6. The molecule has 0 bridgehead atoms. The van der Waals surface area contributed by atoms with E-state index in [1.54, 1.807) is 11.8 Å². The first-order chi connectivity index (χ1) is 7.76. The van der Waals surface area contributed by atoms with E-state index in [4.69, 9.17) is 4.74 Å². The maximum atomic E-state index is 11.1. The first-order valence-corrected chi connectivity index (χ1v) is 6.31. The minimum atomic E-state index is -0.123. The second kappa shape index (κ2) is 7.17. The Hall–Kier alpha value is -1.16. The van der Waals surface area contributed by atoms with Crippen LogP contribution in [0.25, 0.3) is 0 Å². The van der Waals surface area contributed by atoms with Gasteiger partial charge in [-0.25, -0.2) is 0 Å². The van der Waals surface area contributed by atoms with Crippen molar-refractivity contribution < 1.29 is 9.53 Å². The molecule has 0 aliphatic carbocycles. The monoisotopic (exact) mass is 239 g/mol. The number of benzene rings is 1. The number of carbonyl (C=O) groups excluding carboxylic acids is 1. The van der Waals surface area contributed by atoms with Crippen molar-refractivity contribution in [2.45, 2.75) is 18.2 Å². The molecule has 0 saturated heterocycles. The largest absolute Gasteiger partial charge is 0.466 e. The number of esters is 1. The maximum absolute atomic E-state index is 11.1. The van der Waals surface area contributed by atoms with E-state index in [-0.39, 0.29) is 5.97 Å². The van der Waals surface area contributed by atoms with E-state index >= 15 is 0 Å². The van der Waals surface area contributed by atoms with Gasteiger partial charge in [-0.1, -0.05) is 0 Å². The van der Waals surface area contributed by atoms with Crippen molar-refractivity contribution in [2.75, 3.05) is 24.7 Å². The Morgan fingerprint density at radius 3 is 2.62 bits per heavy atom. The van der Waals surface area contributed by atoms with Gasteiger partial charge in [-0.05, 0) is 31.2 Å². The molecule has 0 radical (unpaired) electrons. The number of nitrogens with one attached hydrogen (secondary N) is 1. The van der Waals surface area contributed by atoms with Crippen molar-refractivity contribution in [3.05, 3.63) is 24.3 Å². The highest BCUT2D eigenvalue weighted by Gasteiger charge is 2.01. The van der Waals surface area contributed by atoms with Crippen molar-refractivity contribution in [3.8, 4) is 0 Å². The molecule has 1 rings (SSSR count). The third kappa shape index (κ3) is 4.57. The molecule has 0 fully saturated rings. The molecule has 88 valence electrons. The summed E-state index contributed by atoms with van der Waals surface area (Å²) in [7, 11) is 1.89. The molecule has 3 nitrogen and oxygen atoms in total. The fourth-order valence-corrected chi connectivity index (χ4v) is 2.04. The Morgan fingerprint density at radius 1 is 1.38 bits per heavy atom. The molecule has 0 heterocycles. The molecule has 1 aromatic rings. The molecular formula is C12H17NO2S. The van der Waals surface area contributed by atoms with Crippen LogP contribution in [0.4, 0.5) is 5.69 Å². The van der Waals surface area contributed by atoms with E-state index in [2.05, 4.69) is 5.32 Å². The third-order valence-corrected chi connectivity index (χ3v) is 3.04. The lowest BCUT2D eigenvalue weighted by Crippen LogP contribution is -2.04. The second-order valence-corrected chi connectivity index (χ2v) is 4.35. The van der Waals surface area contributed by atoms with Crippen LogP contribution < -0.4 is 5.32 Å². The van der Waals surface area contributed by atoms with Gasteiger partial charge in [-0.2, -0.15) is 0 Å². The molecule has 0 atom stereocenters. The highest BCUT2D eigenvalue weighted by Crippen LogP contribution is 2.20. The van der Waals surface area contributed by atoms with Crippen molar-refractivity contribution in [1.82, 2.24) is 0 Å². The molecule has 0 aliphatic rings. The van der Waals surface area contributed by atoms with Crippen molar-refractivity contribution >= 4 is 23.4 Å². The van der Waals surface area contributed by atoms with Crippen LogP contribution in [0.1, 0.15) is 13.3 Å². The number of thioether (sulfide) groups is 1. The van der Waals surface area contributed by atoms with E-state index < -0.39 is 0 Å². The lowest BCUT2D eigenvalue weighted by Gasteiger charge is -2.03. The molecule has 0 aliphatic heterocycles. The van der Waals surface area contributed by atoms with E-state index in [0.29, 0.717) is 13.0 Å². The number of carbonyl (C=O) groups is 1. The summed E-state index contributed by atoms with van der Waals surface area (Å²) in [5.41, 5.74) is 1.09. The smallest absolute Gasteiger partial charge is 0.306 e. The van der Waals surface area contributed by atoms with E-state index in [9.17, 15) is 4.79 Å². The van der Waals surface area contributed by atoms with Crippen LogP contribution in [-0.2, 0) is 9.53 Å². The predicted octanol–water partition coefficient (Wildman–Crippen LogP) is 2.77. The van der Waals surface area contributed by atoms with Gasteiger partial charge in [0.05, 0.1) is 13.0 Å². The van der Waals surface area contributed by atoms with Gasteiger partial charge in [0.25, 0.3) is 0 Å². The van der Waals surface area contributed by atoms with Crippen molar-refractivity contribution in [2.24, 2.45) is 0 Å². The molecule has 0 unspecified atom stereocenters. The molecule has 1 N–H and O–H groups in total. The Balaban J connectivity index is 2.29. The Labute approximate surface area is 101 Å². The Bertz CT molecular complexity index is 324. The average Bonchev–Trinajstić information content (AvgIpc) is 2.30. The van der Waals surface area contributed by atoms with Gasteiger partial charge in [-0.15, -0.1) is 11.8 Å². The molecule has 16 heavy (non-hydrogen) atoms. The minimum Gasteiger partial charge on any atom is -0.466 e. The summed E-state index contributed by atoms with van der Waals surface area (Å²) < 4.78 is 4.85. The van der Waals surface area contributed by atoms with E-state index in [0.717, 1.165) is 11.4 Å². The molecule has 0 aromatic heterocycles. The number of hydrogen-bond donors (Lipinski definition) is 1. The standard InChI is InChI=1S/C12H17NO2S/c1-3-15-12(14)8-9-16-11-6-4-10(13-2)5-7-11/h4-7,13H,3,8-9H2,1-2H3. The lowest BCUT2D eigenvalue weighted by molar-refractivity contribution is -0.142. The first kappa shape index (κ1) is 12.9. The second-order valence-electron chi connectivity index (χ2n) is 3.18. The van der Waals surface area contributed by atoms with Crippen LogP contribution in [0, 0.1) is 0 Å². The lowest BCUT2D eigenvalue weighted by atomic mass is 10.3. The van der Waals surface area contributed by atoms with Gasteiger partial charge in [0, 0.05) is 23.4 Å². The van der Waals surface area contributed by atoms with Crippen LogP contribution in [0.2, 0.25) is 0 Å². The predicted molar refractivity (Wildman–Crippen MR) is 68.0 cm³/mol. The van der Waals surface area contributed by atoms with Gasteiger partial charge in [0.1, 0.15) is 0 Å². The highest BCUT2D eigenvalue weighted by atomic mass is 32.2. The van der Waals surface area contributed by atoms with Gasteiger partial charge < -0.3 is 10.1 Å². The van der Waals surface area contributed by atoms with Crippen LogP contribution in [-0.4, -0.2) is 25.4 Å². The quantitative estimate of drug-likeness (QED) is 0.612. The van der Waals surface area contributed by atoms with Gasteiger partial charge >= 0.3 is 5.97 Å². The zero-order chi connectivity index (χ0) is 11.8. The molecule has 0 saturated carbocycles. The SMILES string of the molecule is CCOC(=O)CCSc1ccc(NC)cc1. The summed E-state index contributed by atoms with van der Waals surface area (Å²) in [6.45, 7) is 2.28. The number of ether oxygens (including phenoxy) is 1. The summed E-state index contributed by atoms with van der Waals surface area (Å²) in [5.74, 6) is 0.638. The molecule has 4 heteroatoms. The summed E-state index contributed by atoms with van der Waals surface area (Å²) in [4.78, 5) is 12.3.